The van der Waals surface area contributed by atoms with Crippen LogP contribution in [0.5, 0.6) is 0 Å². The van der Waals surface area contributed by atoms with Gasteiger partial charge in [-0.2, -0.15) is 5.10 Å². The first-order valence-electron chi connectivity index (χ1n) is 13.8. The van der Waals surface area contributed by atoms with Crippen molar-refractivity contribution in [3.63, 3.8) is 0 Å². The molecule has 41 heavy (non-hydrogen) atoms. The number of rotatable bonds is 9. The Morgan fingerprint density at radius 2 is 1.80 bits per heavy atom. The fraction of sp³-hybridized carbons (Fsp3) is 0.206. The molecule has 4 N–H and O–H groups in total. The molecular weight excluding hydrogens is 511 g/mol. The first kappa shape index (κ1) is 26.4. The summed E-state index contributed by atoms with van der Waals surface area (Å²) in [5.41, 5.74) is 9.25. The number of anilines is 2. The van der Waals surface area contributed by atoms with Gasteiger partial charge in [0.1, 0.15) is 11.5 Å². The molecule has 0 aliphatic rings. The quantitative estimate of drug-likeness (QED) is 0.151. The summed E-state index contributed by atoms with van der Waals surface area (Å²) in [5.74, 6) is -0.268. The van der Waals surface area contributed by atoms with Crippen molar-refractivity contribution in [2.45, 2.75) is 19.9 Å². The van der Waals surface area contributed by atoms with E-state index in [4.69, 9.17) is 0 Å². The van der Waals surface area contributed by atoms with E-state index in [1.165, 1.54) is 0 Å². The molecule has 0 fully saturated rings. The fourth-order valence-corrected chi connectivity index (χ4v) is 5.18. The monoisotopic (exact) mass is 544 g/mol. The van der Waals surface area contributed by atoms with Gasteiger partial charge in [-0.05, 0) is 111 Å². The van der Waals surface area contributed by atoms with Crippen LogP contribution in [0.15, 0.2) is 72.8 Å². The lowest BCUT2D eigenvalue weighted by atomic mass is 10.00. The number of nitrogens with one attached hydrogen (secondary N) is 4. The van der Waals surface area contributed by atoms with Gasteiger partial charge in [-0.3, -0.25) is 5.10 Å². The summed E-state index contributed by atoms with van der Waals surface area (Å²) in [6.45, 7) is 5.80. The lowest BCUT2D eigenvalue weighted by Gasteiger charge is -2.13. The van der Waals surface area contributed by atoms with Crippen molar-refractivity contribution in [2.75, 3.05) is 37.8 Å². The van der Waals surface area contributed by atoms with Gasteiger partial charge in [0, 0.05) is 41.1 Å². The largest absolute Gasteiger partial charge is 0.384 e. The zero-order valence-corrected chi connectivity index (χ0v) is 23.7. The van der Waals surface area contributed by atoms with E-state index in [-0.39, 0.29) is 5.82 Å². The van der Waals surface area contributed by atoms with Gasteiger partial charge in [0.15, 0.2) is 0 Å². The predicted molar refractivity (Wildman–Crippen MR) is 168 cm³/mol. The fourth-order valence-electron chi connectivity index (χ4n) is 5.18. The summed E-state index contributed by atoms with van der Waals surface area (Å²) in [7, 11) is 4.04. The van der Waals surface area contributed by atoms with E-state index in [1.54, 1.807) is 12.1 Å². The van der Waals surface area contributed by atoms with Gasteiger partial charge in [-0.1, -0.05) is 24.3 Å². The molecule has 6 nitrogen and oxygen atoms in total. The highest BCUT2D eigenvalue weighted by atomic mass is 19.1. The number of H-pyrrole nitrogens is 2. The molecule has 0 saturated heterocycles. The van der Waals surface area contributed by atoms with E-state index in [0.717, 1.165) is 79.9 Å². The summed E-state index contributed by atoms with van der Waals surface area (Å²) < 4.78 is 14.7. The Hall–Kier alpha value is -4.80. The maximum atomic E-state index is 14.7. The Morgan fingerprint density at radius 3 is 2.63 bits per heavy atom. The third-order valence-corrected chi connectivity index (χ3v) is 7.09. The number of hydrogen-bond donors (Lipinski definition) is 4. The third-order valence-electron chi connectivity index (χ3n) is 7.09. The summed E-state index contributed by atoms with van der Waals surface area (Å²) in [4.78, 5) is 5.64. The number of likely N-dealkylation sites (N-methyl/N-ethyl adjacent to an activating group) is 1. The summed E-state index contributed by atoms with van der Waals surface area (Å²) in [6.07, 6.45) is 0. The zero-order chi connectivity index (χ0) is 28.5. The summed E-state index contributed by atoms with van der Waals surface area (Å²) in [5, 5.41) is 16.6. The van der Waals surface area contributed by atoms with Crippen molar-refractivity contribution in [1.29, 1.82) is 0 Å². The highest BCUT2D eigenvalue weighted by molar-refractivity contribution is 6.02. The number of hydrogen-bond acceptors (Lipinski definition) is 4. The van der Waals surface area contributed by atoms with Gasteiger partial charge in [0.25, 0.3) is 0 Å². The molecular formula is C34H33FN6. The Kier molecular flexibility index (Phi) is 7.08. The van der Waals surface area contributed by atoms with Crippen LogP contribution < -0.4 is 10.6 Å². The highest BCUT2D eigenvalue weighted by Crippen LogP contribution is 2.36. The molecule has 4 aromatic carbocycles. The Labute approximate surface area is 239 Å². The molecule has 0 spiro atoms. The van der Waals surface area contributed by atoms with Crippen molar-refractivity contribution in [1.82, 2.24) is 20.1 Å². The lowest BCUT2D eigenvalue weighted by Crippen LogP contribution is -2.20. The molecule has 0 bridgehead atoms. The molecule has 0 saturated carbocycles. The van der Waals surface area contributed by atoms with Gasteiger partial charge >= 0.3 is 0 Å². The maximum absolute atomic E-state index is 14.7. The van der Waals surface area contributed by atoms with Crippen molar-refractivity contribution < 1.29 is 4.39 Å². The minimum atomic E-state index is -0.268. The van der Waals surface area contributed by atoms with E-state index >= 15 is 0 Å². The smallest absolute Gasteiger partial charge is 0.125 e. The SMILES string of the molecule is CC(C)Nc1c#ccc(-c2ccc3[nH]nc(-c4cc5c(-c6cc(F)cc(NCCN(C)C)c6)cccc5[nH]4)c3c2)c1. The van der Waals surface area contributed by atoms with E-state index in [0.29, 0.717) is 6.04 Å². The highest BCUT2D eigenvalue weighted by Gasteiger charge is 2.15. The lowest BCUT2D eigenvalue weighted by molar-refractivity contribution is 0.425. The normalized spacial score (nSPS) is 11.5. The number of nitrogens with zero attached hydrogens (tertiary/aromatic N) is 2. The number of aromatic nitrogens is 3. The third kappa shape index (κ3) is 5.60. The second-order valence-corrected chi connectivity index (χ2v) is 11.0. The maximum Gasteiger partial charge on any atom is 0.125 e. The van der Waals surface area contributed by atoms with E-state index in [2.05, 4.69) is 87.0 Å². The van der Waals surface area contributed by atoms with Crippen LogP contribution in [0.25, 0.3) is 55.4 Å². The van der Waals surface area contributed by atoms with Gasteiger partial charge in [-0.25, -0.2) is 4.39 Å². The minimum Gasteiger partial charge on any atom is -0.384 e. The van der Waals surface area contributed by atoms with Gasteiger partial charge in [0.2, 0.25) is 0 Å². The average Bonchev–Trinajstić information content (AvgIpc) is 3.56. The summed E-state index contributed by atoms with van der Waals surface area (Å²) in [6, 6.07) is 30.2. The van der Waals surface area contributed by atoms with E-state index < -0.39 is 0 Å². The number of aromatic amines is 2. The topological polar surface area (TPSA) is 71.8 Å². The van der Waals surface area contributed by atoms with Gasteiger partial charge in [-0.15, -0.1) is 0 Å². The van der Waals surface area contributed by atoms with Crippen LogP contribution in [0.3, 0.4) is 0 Å². The Morgan fingerprint density at radius 1 is 0.927 bits per heavy atom. The van der Waals surface area contributed by atoms with Crippen LogP contribution in [-0.4, -0.2) is 53.3 Å². The molecule has 0 amide bonds. The number of benzene rings is 3. The first-order valence-corrected chi connectivity index (χ1v) is 13.8. The van der Waals surface area contributed by atoms with Crippen molar-refractivity contribution in [3.05, 3.63) is 90.7 Å². The van der Waals surface area contributed by atoms with Crippen LogP contribution in [0.4, 0.5) is 15.8 Å². The molecule has 6 rings (SSSR count). The molecule has 2 heterocycles. The second-order valence-electron chi connectivity index (χ2n) is 11.0. The molecule has 2 aromatic heterocycles. The van der Waals surface area contributed by atoms with Crippen LogP contribution in [0, 0.1) is 17.9 Å². The van der Waals surface area contributed by atoms with Gasteiger partial charge < -0.3 is 20.5 Å². The van der Waals surface area contributed by atoms with Crippen LogP contribution in [-0.2, 0) is 0 Å². The molecule has 0 aliphatic heterocycles. The average molecular weight is 545 g/mol. The Bertz CT molecular complexity index is 1830. The van der Waals surface area contributed by atoms with Crippen LogP contribution in [0.1, 0.15) is 13.8 Å². The van der Waals surface area contributed by atoms with E-state index in [1.807, 2.05) is 44.4 Å². The molecule has 0 unspecified atom stereocenters. The van der Waals surface area contributed by atoms with Crippen LogP contribution >= 0.6 is 0 Å². The minimum absolute atomic E-state index is 0.268. The Balaban J connectivity index is 1.37. The number of halogens is 1. The molecule has 206 valence electrons. The number of fused-ring (bicyclic) bond motifs is 2. The second kappa shape index (κ2) is 11.0. The van der Waals surface area contributed by atoms with Crippen molar-refractivity contribution in [3.8, 4) is 33.6 Å². The predicted octanol–water partition coefficient (Wildman–Crippen LogP) is 7.58. The first-order chi connectivity index (χ1) is 19.8. The van der Waals surface area contributed by atoms with Crippen molar-refractivity contribution >= 4 is 33.2 Å². The van der Waals surface area contributed by atoms with Crippen molar-refractivity contribution in [2.24, 2.45) is 0 Å². The molecule has 6 aromatic rings. The zero-order valence-electron chi connectivity index (χ0n) is 23.7. The van der Waals surface area contributed by atoms with Gasteiger partial charge in [0.05, 0.1) is 16.9 Å². The molecule has 0 radical (unpaired) electrons. The molecule has 0 atom stereocenters. The van der Waals surface area contributed by atoms with E-state index in [9.17, 15) is 4.39 Å². The van der Waals surface area contributed by atoms with Crippen LogP contribution in [0.2, 0.25) is 0 Å². The molecule has 7 heteroatoms. The standard InChI is InChI=1S/C34H33FN6/c1-21(2)37-26-8-5-7-22(16-26)23-11-12-32-30(18-23)34(40-39-32)33-20-29-28(9-6-10-31(29)38-33)24-15-25(35)19-27(17-24)36-13-14-41(3)4/h6-7,9-12,15-21,36-38H,13-14H2,1-4H3,(H,39,40). The molecule has 0 aliphatic carbocycles. The summed E-state index contributed by atoms with van der Waals surface area (Å²) >= 11 is 0.